The van der Waals surface area contributed by atoms with E-state index in [9.17, 15) is 9.59 Å². The standard InChI is InChI=1S/C14H18BrN3O2/c15-11-4-1-5-12(8-11)17-14(20)18-6-2-3-10(9-18)7-13(16)19/h1,4-5,8,10H,2-3,6-7,9H2,(H2,16,19)(H,17,20). The summed E-state index contributed by atoms with van der Waals surface area (Å²) in [6, 6.07) is 7.33. The van der Waals surface area contributed by atoms with Gasteiger partial charge in [-0.25, -0.2) is 4.79 Å². The quantitative estimate of drug-likeness (QED) is 0.887. The fourth-order valence-corrected chi connectivity index (χ4v) is 2.87. The molecule has 0 spiro atoms. The smallest absolute Gasteiger partial charge is 0.321 e. The number of carbonyl (C=O) groups excluding carboxylic acids is 2. The number of hydrogen-bond acceptors (Lipinski definition) is 2. The molecular formula is C14H18BrN3O2. The second-order valence-electron chi connectivity index (χ2n) is 5.07. The Kier molecular flexibility index (Phi) is 5.00. The number of rotatable bonds is 3. The molecule has 5 nitrogen and oxygen atoms in total. The van der Waals surface area contributed by atoms with E-state index in [2.05, 4.69) is 21.2 Å². The first-order valence-corrected chi connectivity index (χ1v) is 7.43. The van der Waals surface area contributed by atoms with Gasteiger partial charge in [0.25, 0.3) is 0 Å². The topological polar surface area (TPSA) is 75.4 Å². The number of nitrogens with zero attached hydrogens (tertiary/aromatic N) is 1. The van der Waals surface area contributed by atoms with Crippen LogP contribution in [0.5, 0.6) is 0 Å². The zero-order valence-electron chi connectivity index (χ0n) is 11.1. The van der Waals surface area contributed by atoms with Gasteiger partial charge in [-0.1, -0.05) is 22.0 Å². The number of primary amides is 1. The van der Waals surface area contributed by atoms with Gasteiger partial charge in [-0.2, -0.15) is 0 Å². The maximum Gasteiger partial charge on any atom is 0.321 e. The zero-order valence-corrected chi connectivity index (χ0v) is 12.7. The molecule has 1 aliphatic rings. The van der Waals surface area contributed by atoms with Gasteiger partial charge in [0.2, 0.25) is 5.91 Å². The Morgan fingerprint density at radius 1 is 1.45 bits per heavy atom. The van der Waals surface area contributed by atoms with Gasteiger partial charge in [0.15, 0.2) is 0 Å². The summed E-state index contributed by atoms with van der Waals surface area (Å²) in [4.78, 5) is 24.9. The van der Waals surface area contributed by atoms with Crippen molar-refractivity contribution in [2.24, 2.45) is 11.7 Å². The lowest BCUT2D eigenvalue weighted by molar-refractivity contribution is -0.119. The number of nitrogens with one attached hydrogen (secondary N) is 1. The highest BCUT2D eigenvalue weighted by molar-refractivity contribution is 9.10. The largest absolute Gasteiger partial charge is 0.370 e. The molecule has 3 amide bonds. The van der Waals surface area contributed by atoms with E-state index in [0.717, 1.165) is 29.5 Å². The van der Waals surface area contributed by atoms with Crippen molar-refractivity contribution in [3.8, 4) is 0 Å². The summed E-state index contributed by atoms with van der Waals surface area (Å²) in [6.07, 6.45) is 2.20. The minimum Gasteiger partial charge on any atom is -0.370 e. The second kappa shape index (κ2) is 6.74. The summed E-state index contributed by atoms with van der Waals surface area (Å²) >= 11 is 3.37. The van der Waals surface area contributed by atoms with Gasteiger partial charge in [-0.15, -0.1) is 0 Å². The van der Waals surface area contributed by atoms with Crippen LogP contribution in [0.3, 0.4) is 0 Å². The second-order valence-corrected chi connectivity index (χ2v) is 5.98. The predicted octanol–water partition coefficient (Wildman–Crippen LogP) is 2.57. The molecule has 1 unspecified atom stereocenters. The van der Waals surface area contributed by atoms with E-state index < -0.39 is 0 Å². The number of anilines is 1. The molecule has 20 heavy (non-hydrogen) atoms. The van der Waals surface area contributed by atoms with Crippen LogP contribution in [0.4, 0.5) is 10.5 Å². The van der Waals surface area contributed by atoms with Crippen LogP contribution in [0.2, 0.25) is 0 Å². The minimum atomic E-state index is -0.302. The number of urea groups is 1. The maximum atomic E-state index is 12.2. The Balaban J connectivity index is 1.93. The molecular weight excluding hydrogens is 322 g/mol. The Bertz CT molecular complexity index is 507. The van der Waals surface area contributed by atoms with Crippen molar-refractivity contribution < 1.29 is 9.59 Å². The molecule has 0 bridgehead atoms. The predicted molar refractivity (Wildman–Crippen MR) is 81.3 cm³/mol. The van der Waals surface area contributed by atoms with Crippen LogP contribution in [0.25, 0.3) is 0 Å². The van der Waals surface area contributed by atoms with Crippen LogP contribution in [0.15, 0.2) is 28.7 Å². The normalized spacial score (nSPS) is 18.6. The number of benzene rings is 1. The van der Waals surface area contributed by atoms with Gasteiger partial charge < -0.3 is 16.0 Å². The molecule has 108 valence electrons. The summed E-state index contributed by atoms with van der Waals surface area (Å²) in [6.45, 7) is 1.30. The van der Waals surface area contributed by atoms with Gasteiger partial charge >= 0.3 is 6.03 Å². The van der Waals surface area contributed by atoms with Crippen LogP contribution in [-0.4, -0.2) is 29.9 Å². The van der Waals surface area contributed by atoms with Gasteiger partial charge in [0, 0.05) is 29.7 Å². The molecule has 0 saturated carbocycles. The van der Waals surface area contributed by atoms with Crippen molar-refractivity contribution in [3.63, 3.8) is 0 Å². The van der Waals surface area contributed by atoms with Crippen LogP contribution in [0, 0.1) is 5.92 Å². The van der Waals surface area contributed by atoms with Crippen molar-refractivity contribution in [1.29, 1.82) is 0 Å². The summed E-state index contributed by atoms with van der Waals surface area (Å²) in [5, 5.41) is 2.87. The number of halogens is 1. The highest BCUT2D eigenvalue weighted by Crippen LogP contribution is 2.21. The zero-order chi connectivity index (χ0) is 14.5. The van der Waals surface area contributed by atoms with Crippen LogP contribution in [0.1, 0.15) is 19.3 Å². The Labute approximate surface area is 126 Å². The highest BCUT2D eigenvalue weighted by atomic mass is 79.9. The molecule has 1 aliphatic heterocycles. The number of piperidine rings is 1. The van der Waals surface area contributed by atoms with Gasteiger partial charge in [-0.05, 0) is 37.0 Å². The number of amides is 3. The third-order valence-corrected chi connectivity index (χ3v) is 3.87. The molecule has 0 radical (unpaired) electrons. The maximum absolute atomic E-state index is 12.2. The SMILES string of the molecule is NC(=O)CC1CCCN(C(=O)Nc2cccc(Br)c2)C1. The van der Waals surface area contributed by atoms with E-state index in [0.29, 0.717) is 13.0 Å². The summed E-state index contributed by atoms with van der Waals surface area (Å²) in [5.74, 6) is -0.126. The number of carbonyl (C=O) groups is 2. The Morgan fingerprint density at radius 2 is 2.25 bits per heavy atom. The molecule has 1 heterocycles. The average Bonchev–Trinajstić information content (AvgIpc) is 2.38. The van der Waals surface area contributed by atoms with Crippen LogP contribution in [-0.2, 0) is 4.79 Å². The Morgan fingerprint density at radius 3 is 2.95 bits per heavy atom. The molecule has 1 aromatic carbocycles. The average molecular weight is 340 g/mol. The number of nitrogens with two attached hydrogens (primary N) is 1. The molecule has 1 saturated heterocycles. The molecule has 2 rings (SSSR count). The molecule has 1 atom stereocenters. The third kappa shape index (κ3) is 4.23. The van der Waals surface area contributed by atoms with Gasteiger partial charge in [0.05, 0.1) is 0 Å². The minimum absolute atomic E-state index is 0.128. The summed E-state index contributed by atoms with van der Waals surface area (Å²) < 4.78 is 0.917. The van der Waals surface area contributed by atoms with Gasteiger partial charge in [0.1, 0.15) is 0 Å². The molecule has 6 heteroatoms. The van der Waals surface area contributed by atoms with Crippen molar-refractivity contribution in [2.45, 2.75) is 19.3 Å². The van der Waals surface area contributed by atoms with E-state index in [-0.39, 0.29) is 17.9 Å². The van der Waals surface area contributed by atoms with Crippen molar-refractivity contribution in [2.75, 3.05) is 18.4 Å². The highest BCUT2D eigenvalue weighted by Gasteiger charge is 2.24. The first-order chi connectivity index (χ1) is 9.54. The van der Waals surface area contributed by atoms with Crippen molar-refractivity contribution >= 4 is 33.6 Å². The number of likely N-dealkylation sites (tertiary alicyclic amines) is 1. The summed E-state index contributed by atoms with van der Waals surface area (Å²) in [7, 11) is 0. The van der Waals surface area contributed by atoms with E-state index in [1.54, 1.807) is 4.90 Å². The molecule has 0 aromatic heterocycles. The van der Waals surface area contributed by atoms with E-state index in [4.69, 9.17) is 5.73 Å². The third-order valence-electron chi connectivity index (χ3n) is 3.37. The van der Waals surface area contributed by atoms with E-state index >= 15 is 0 Å². The van der Waals surface area contributed by atoms with E-state index in [1.165, 1.54) is 0 Å². The monoisotopic (exact) mass is 339 g/mol. The number of hydrogen-bond donors (Lipinski definition) is 2. The fourth-order valence-electron chi connectivity index (χ4n) is 2.47. The van der Waals surface area contributed by atoms with Crippen LogP contribution < -0.4 is 11.1 Å². The lowest BCUT2D eigenvalue weighted by Crippen LogP contribution is -2.43. The lowest BCUT2D eigenvalue weighted by Gasteiger charge is -2.32. The lowest BCUT2D eigenvalue weighted by atomic mass is 9.95. The fraction of sp³-hybridized carbons (Fsp3) is 0.429. The molecule has 0 aliphatic carbocycles. The van der Waals surface area contributed by atoms with Gasteiger partial charge in [-0.3, -0.25) is 4.79 Å². The van der Waals surface area contributed by atoms with E-state index in [1.807, 2.05) is 24.3 Å². The summed E-state index contributed by atoms with van der Waals surface area (Å²) in [5.41, 5.74) is 5.97. The molecule has 3 N–H and O–H groups in total. The first kappa shape index (κ1) is 14.8. The van der Waals surface area contributed by atoms with Crippen LogP contribution >= 0.6 is 15.9 Å². The van der Waals surface area contributed by atoms with Crippen molar-refractivity contribution in [3.05, 3.63) is 28.7 Å². The molecule has 1 fully saturated rings. The van der Waals surface area contributed by atoms with Crippen molar-refractivity contribution in [1.82, 2.24) is 4.90 Å². The first-order valence-electron chi connectivity index (χ1n) is 6.64. The molecule has 1 aromatic rings. The Hall–Kier alpha value is -1.56.